The van der Waals surface area contributed by atoms with Crippen LogP contribution < -0.4 is 10.6 Å². The van der Waals surface area contributed by atoms with Crippen LogP contribution in [-0.4, -0.2) is 11.9 Å². The summed E-state index contributed by atoms with van der Waals surface area (Å²) in [5, 5.41) is 4.87. The molecule has 0 spiro atoms. The molecule has 78 valence electrons. The van der Waals surface area contributed by atoms with E-state index in [-0.39, 0.29) is 0 Å². The summed E-state index contributed by atoms with van der Waals surface area (Å²) < 4.78 is 0. The smallest absolute Gasteiger partial charge is 0.306 e. The summed E-state index contributed by atoms with van der Waals surface area (Å²) in [6.07, 6.45) is 1.01. The topological polar surface area (TPSA) is 58.2 Å². The van der Waals surface area contributed by atoms with Crippen LogP contribution in [-0.2, 0) is 4.79 Å². The van der Waals surface area contributed by atoms with Crippen molar-refractivity contribution in [3.05, 3.63) is 41.9 Å². The van der Waals surface area contributed by atoms with Gasteiger partial charge in [-0.25, -0.2) is 4.79 Å². The van der Waals surface area contributed by atoms with Gasteiger partial charge in [-0.2, -0.15) is 0 Å². The standard InChI is InChI=1S/C10H9ClN2O2/c1-2-9(14)13-10(15)12-8-6-4-3-5-7(8)11/h2-6H,1H2,(H2,12,13,14,15). The monoisotopic (exact) mass is 224 g/mol. The van der Waals surface area contributed by atoms with Gasteiger partial charge in [0.2, 0.25) is 0 Å². The third kappa shape index (κ3) is 3.44. The highest BCUT2D eigenvalue weighted by molar-refractivity contribution is 6.33. The maximum Gasteiger partial charge on any atom is 0.326 e. The van der Waals surface area contributed by atoms with Crippen molar-refractivity contribution in [1.29, 1.82) is 0 Å². The van der Waals surface area contributed by atoms with Gasteiger partial charge < -0.3 is 5.32 Å². The van der Waals surface area contributed by atoms with Crippen molar-refractivity contribution in [2.24, 2.45) is 0 Å². The zero-order valence-electron chi connectivity index (χ0n) is 7.79. The largest absolute Gasteiger partial charge is 0.326 e. The zero-order chi connectivity index (χ0) is 11.3. The predicted molar refractivity (Wildman–Crippen MR) is 58.8 cm³/mol. The summed E-state index contributed by atoms with van der Waals surface area (Å²) in [6.45, 7) is 3.22. The third-order valence-electron chi connectivity index (χ3n) is 1.54. The molecule has 0 atom stereocenters. The SMILES string of the molecule is C=CC(=O)NC(=O)Nc1ccccc1Cl. The van der Waals surface area contributed by atoms with Crippen molar-refractivity contribution < 1.29 is 9.59 Å². The number of amides is 3. The van der Waals surface area contributed by atoms with E-state index in [1.54, 1.807) is 24.3 Å². The first kappa shape index (κ1) is 11.3. The van der Waals surface area contributed by atoms with Crippen LogP contribution in [0.2, 0.25) is 5.02 Å². The number of carbonyl (C=O) groups excluding carboxylic acids is 2. The molecule has 0 saturated carbocycles. The summed E-state index contributed by atoms with van der Waals surface area (Å²) in [5.74, 6) is -0.570. The van der Waals surface area contributed by atoms with Crippen molar-refractivity contribution in [2.45, 2.75) is 0 Å². The number of halogens is 1. The summed E-state index contributed by atoms with van der Waals surface area (Å²) in [7, 11) is 0. The lowest BCUT2D eigenvalue weighted by Crippen LogP contribution is -2.32. The molecule has 0 fully saturated rings. The molecular weight excluding hydrogens is 216 g/mol. The Hall–Kier alpha value is -1.81. The van der Waals surface area contributed by atoms with E-state index in [9.17, 15) is 9.59 Å². The number of benzene rings is 1. The number of urea groups is 1. The first-order valence-corrected chi connectivity index (χ1v) is 4.50. The molecule has 1 aromatic carbocycles. The van der Waals surface area contributed by atoms with Crippen LogP contribution in [0.25, 0.3) is 0 Å². The molecule has 0 unspecified atom stereocenters. The average molecular weight is 225 g/mol. The molecule has 5 heteroatoms. The quantitative estimate of drug-likeness (QED) is 0.757. The minimum absolute atomic E-state index is 0.402. The minimum Gasteiger partial charge on any atom is -0.306 e. The molecule has 0 heterocycles. The maximum atomic E-state index is 11.2. The lowest BCUT2D eigenvalue weighted by molar-refractivity contribution is -0.115. The Labute approximate surface area is 91.9 Å². The van der Waals surface area contributed by atoms with Gasteiger partial charge in [-0.1, -0.05) is 30.3 Å². The Morgan fingerprint density at radius 2 is 2.00 bits per heavy atom. The van der Waals surface area contributed by atoms with Gasteiger partial charge in [-0.15, -0.1) is 0 Å². The minimum atomic E-state index is -0.645. The van der Waals surface area contributed by atoms with Gasteiger partial charge in [0.25, 0.3) is 5.91 Å². The molecule has 4 nitrogen and oxygen atoms in total. The number of hydrogen-bond acceptors (Lipinski definition) is 2. The van der Waals surface area contributed by atoms with Gasteiger partial charge in [-0.05, 0) is 18.2 Å². The number of para-hydroxylation sites is 1. The van der Waals surface area contributed by atoms with Gasteiger partial charge in [0.15, 0.2) is 0 Å². The molecule has 0 bridgehead atoms. The number of anilines is 1. The normalized spacial score (nSPS) is 9.13. The van der Waals surface area contributed by atoms with Crippen LogP contribution in [0, 0.1) is 0 Å². The van der Waals surface area contributed by atoms with Crippen molar-refractivity contribution in [2.75, 3.05) is 5.32 Å². The van der Waals surface area contributed by atoms with Crippen LogP contribution in [0.5, 0.6) is 0 Å². The number of carbonyl (C=O) groups is 2. The second kappa shape index (κ2) is 5.17. The van der Waals surface area contributed by atoms with Gasteiger partial charge >= 0.3 is 6.03 Å². The predicted octanol–water partition coefficient (Wildman–Crippen LogP) is 2.17. The molecule has 0 aliphatic carbocycles. The van der Waals surface area contributed by atoms with E-state index >= 15 is 0 Å². The van der Waals surface area contributed by atoms with E-state index in [0.717, 1.165) is 6.08 Å². The highest BCUT2D eigenvalue weighted by atomic mass is 35.5. The Balaban J connectivity index is 2.63. The average Bonchev–Trinajstić information content (AvgIpc) is 2.21. The van der Waals surface area contributed by atoms with Crippen LogP contribution in [0.4, 0.5) is 10.5 Å². The van der Waals surface area contributed by atoms with E-state index in [0.29, 0.717) is 10.7 Å². The van der Waals surface area contributed by atoms with E-state index in [1.165, 1.54) is 0 Å². The van der Waals surface area contributed by atoms with Crippen molar-refractivity contribution >= 4 is 29.2 Å². The Bertz CT molecular complexity index is 404. The Kier molecular flexibility index (Phi) is 3.88. The molecule has 0 aromatic heterocycles. The van der Waals surface area contributed by atoms with Crippen molar-refractivity contribution in [1.82, 2.24) is 5.32 Å². The van der Waals surface area contributed by atoms with Crippen molar-refractivity contribution in [3.63, 3.8) is 0 Å². The highest BCUT2D eigenvalue weighted by Gasteiger charge is 2.06. The number of nitrogens with one attached hydrogen (secondary N) is 2. The zero-order valence-corrected chi connectivity index (χ0v) is 8.54. The Morgan fingerprint density at radius 1 is 1.33 bits per heavy atom. The molecule has 0 saturated heterocycles. The molecule has 0 aliphatic heterocycles. The fourth-order valence-electron chi connectivity index (χ4n) is 0.879. The molecule has 15 heavy (non-hydrogen) atoms. The number of hydrogen-bond donors (Lipinski definition) is 2. The van der Waals surface area contributed by atoms with E-state index in [1.807, 2.05) is 5.32 Å². The van der Waals surface area contributed by atoms with Crippen LogP contribution in [0.3, 0.4) is 0 Å². The molecule has 0 radical (unpaired) electrons. The first-order valence-electron chi connectivity index (χ1n) is 4.12. The summed E-state index contributed by atoms with van der Waals surface area (Å²) in [4.78, 5) is 22.0. The second-order valence-electron chi connectivity index (χ2n) is 2.63. The van der Waals surface area contributed by atoms with E-state index < -0.39 is 11.9 Å². The second-order valence-corrected chi connectivity index (χ2v) is 3.03. The molecule has 1 aromatic rings. The first-order chi connectivity index (χ1) is 7.13. The number of imide groups is 1. The van der Waals surface area contributed by atoms with E-state index in [2.05, 4.69) is 11.9 Å². The molecule has 3 amide bonds. The highest BCUT2D eigenvalue weighted by Crippen LogP contribution is 2.19. The van der Waals surface area contributed by atoms with Gasteiger partial charge in [0.1, 0.15) is 0 Å². The molecule has 0 aliphatic rings. The summed E-state index contributed by atoms with van der Waals surface area (Å²) >= 11 is 5.79. The van der Waals surface area contributed by atoms with Crippen LogP contribution >= 0.6 is 11.6 Å². The number of rotatable bonds is 2. The fraction of sp³-hybridized carbons (Fsp3) is 0. The van der Waals surface area contributed by atoms with Crippen LogP contribution in [0.1, 0.15) is 0 Å². The van der Waals surface area contributed by atoms with E-state index in [4.69, 9.17) is 11.6 Å². The molecule has 2 N–H and O–H groups in total. The van der Waals surface area contributed by atoms with Crippen LogP contribution in [0.15, 0.2) is 36.9 Å². The third-order valence-corrected chi connectivity index (χ3v) is 1.87. The lowest BCUT2D eigenvalue weighted by atomic mass is 10.3. The van der Waals surface area contributed by atoms with Gasteiger partial charge in [0.05, 0.1) is 10.7 Å². The summed E-state index contributed by atoms with van der Waals surface area (Å²) in [5.41, 5.74) is 0.438. The Morgan fingerprint density at radius 3 is 2.60 bits per heavy atom. The van der Waals surface area contributed by atoms with Crippen molar-refractivity contribution in [3.8, 4) is 0 Å². The van der Waals surface area contributed by atoms with Gasteiger partial charge in [0, 0.05) is 0 Å². The van der Waals surface area contributed by atoms with Gasteiger partial charge in [-0.3, -0.25) is 10.1 Å². The molecular formula is C10H9ClN2O2. The maximum absolute atomic E-state index is 11.2. The summed E-state index contributed by atoms with van der Waals surface area (Å²) in [6, 6.07) is 6.07. The molecule has 1 rings (SSSR count). The lowest BCUT2D eigenvalue weighted by Gasteiger charge is -2.06. The fourth-order valence-corrected chi connectivity index (χ4v) is 1.06.